The summed E-state index contributed by atoms with van der Waals surface area (Å²) in [5.74, 6) is -0.200. The van der Waals surface area contributed by atoms with Gasteiger partial charge in [0.1, 0.15) is 11.6 Å². The average molecular weight is 272 g/mol. The molecule has 1 fully saturated rings. The number of benzene rings is 1. The number of carbonyl (C=O) groups is 2. The molecule has 0 spiro atoms. The minimum atomic E-state index is -0.968. The van der Waals surface area contributed by atoms with Crippen LogP contribution in [0.5, 0.6) is 0 Å². The normalized spacial score (nSPS) is 26.9. The fraction of sp³-hybridized carbons (Fsp3) is 0.375. The average Bonchev–Trinajstić information content (AvgIpc) is 2.46. The Morgan fingerprint density at radius 1 is 1.30 bits per heavy atom. The second-order valence-corrected chi connectivity index (χ2v) is 5.15. The van der Waals surface area contributed by atoms with E-state index in [0.29, 0.717) is 6.54 Å². The molecule has 2 amide bonds. The van der Waals surface area contributed by atoms with Gasteiger partial charge in [0.25, 0.3) is 5.91 Å². The molecule has 2 unspecified atom stereocenters. The fourth-order valence-electron chi connectivity index (χ4n) is 2.51. The number of rotatable bonds is 3. The third kappa shape index (κ3) is 2.22. The van der Waals surface area contributed by atoms with Gasteiger partial charge in [-0.05, 0) is 26.3 Å². The molecule has 1 aliphatic rings. The second kappa shape index (κ2) is 5.49. The molecule has 0 aliphatic carbocycles. The van der Waals surface area contributed by atoms with Gasteiger partial charge in [-0.25, -0.2) is 0 Å². The van der Waals surface area contributed by atoms with Crippen molar-refractivity contribution >= 4 is 11.8 Å². The maximum absolute atomic E-state index is 12.5. The number of hydrogen-bond acceptors (Lipinski definition) is 2. The topological polar surface area (TPSA) is 49.4 Å². The first kappa shape index (κ1) is 14.3. The quantitative estimate of drug-likeness (QED) is 0.853. The summed E-state index contributed by atoms with van der Waals surface area (Å²) in [5.41, 5.74) is -0.146. The molecule has 2 atom stereocenters. The Hall–Kier alpha value is -2.10. The molecule has 1 saturated heterocycles. The van der Waals surface area contributed by atoms with Crippen LogP contribution >= 0.6 is 0 Å². The molecule has 106 valence electrons. The van der Waals surface area contributed by atoms with Crippen molar-refractivity contribution < 1.29 is 9.59 Å². The molecule has 0 saturated carbocycles. The summed E-state index contributed by atoms with van der Waals surface area (Å²) < 4.78 is 0. The van der Waals surface area contributed by atoms with Crippen LogP contribution in [0.15, 0.2) is 42.5 Å². The van der Waals surface area contributed by atoms with Crippen LogP contribution < -0.4 is 5.32 Å². The third-order valence-corrected chi connectivity index (χ3v) is 3.83. The van der Waals surface area contributed by atoms with E-state index in [1.54, 1.807) is 18.7 Å². The molecular weight excluding hydrogens is 252 g/mol. The molecule has 20 heavy (non-hydrogen) atoms. The van der Waals surface area contributed by atoms with Gasteiger partial charge in [0.15, 0.2) is 0 Å². The van der Waals surface area contributed by atoms with Crippen LogP contribution in [-0.4, -0.2) is 29.3 Å². The summed E-state index contributed by atoms with van der Waals surface area (Å²) in [4.78, 5) is 26.6. The predicted octanol–water partition coefficient (Wildman–Crippen LogP) is 1.82. The molecule has 1 aromatic carbocycles. The second-order valence-electron chi connectivity index (χ2n) is 5.15. The summed E-state index contributed by atoms with van der Waals surface area (Å²) >= 11 is 0. The molecule has 1 heterocycles. The van der Waals surface area contributed by atoms with Gasteiger partial charge in [-0.3, -0.25) is 9.59 Å². The van der Waals surface area contributed by atoms with E-state index < -0.39 is 11.6 Å². The number of nitrogens with zero attached hydrogens (tertiary/aromatic N) is 1. The molecular formula is C16H20N2O2. The van der Waals surface area contributed by atoms with E-state index >= 15 is 0 Å². The number of carbonyl (C=O) groups excluding carboxylic acids is 2. The SMILES string of the molecule is C/C=C/CN1C(=O)C(C)NC(=O)C1(C)c1ccccc1. The molecule has 1 aromatic rings. The summed E-state index contributed by atoms with van der Waals surface area (Å²) in [6.45, 7) is 5.84. The van der Waals surface area contributed by atoms with Crippen LogP contribution in [0.25, 0.3) is 0 Å². The van der Waals surface area contributed by atoms with Crippen molar-refractivity contribution in [1.29, 1.82) is 0 Å². The molecule has 0 aromatic heterocycles. The van der Waals surface area contributed by atoms with Crippen molar-refractivity contribution in [3.8, 4) is 0 Å². The first-order chi connectivity index (χ1) is 9.51. The number of hydrogen-bond donors (Lipinski definition) is 1. The van der Waals surface area contributed by atoms with Crippen LogP contribution in [0, 0.1) is 0 Å². The molecule has 2 rings (SSSR count). The molecule has 4 heteroatoms. The van der Waals surface area contributed by atoms with Crippen molar-refractivity contribution in [3.05, 3.63) is 48.0 Å². The van der Waals surface area contributed by atoms with E-state index in [9.17, 15) is 9.59 Å². The number of amides is 2. The highest BCUT2D eigenvalue weighted by molar-refractivity contribution is 6.00. The molecule has 0 radical (unpaired) electrons. The van der Waals surface area contributed by atoms with Crippen molar-refractivity contribution in [2.75, 3.05) is 6.54 Å². The Kier molecular flexibility index (Phi) is 3.93. The monoisotopic (exact) mass is 272 g/mol. The molecule has 4 nitrogen and oxygen atoms in total. The minimum absolute atomic E-state index is 0.0611. The first-order valence-corrected chi connectivity index (χ1v) is 6.81. The van der Waals surface area contributed by atoms with Crippen molar-refractivity contribution in [3.63, 3.8) is 0 Å². The zero-order valence-corrected chi connectivity index (χ0v) is 12.1. The van der Waals surface area contributed by atoms with Crippen LogP contribution in [0.2, 0.25) is 0 Å². The van der Waals surface area contributed by atoms with E-state index in [-0.39, 0.29) is 11.8 Å². The zero-order chi connectivity index (χ0) is 14.8. The summed E-state index contributed by atoms with van der Waals surface area (Å²) in [6, 6.07) is 8.93. The number of allylic oxidation sites excluding steroid dienone is 1. The Bertz CT molecular complexity index is 539. The van der Waals surface area contributed by atoms with E-state index in [4.69, 9.17) is 0 Å². The van der Waals surface area contributed by atoms with Gasteiger partial charge in [-0.1, -0.05) is 42.5 Å². The summed E-state index contributed by atoms with van der Waals surface area (Å²) in [6.07, 6.45) is 3.78. The van der Waals surface area contributed by atoms with E-state index in [0.717, 1.165) is 5.56 Å². The number of piperazine rings is 1. The van der Waals surface area contributed by atoms with E-state index in [1.807, 2.05) is 49.4 Å². The third-order valence-electron chi connectivity index (χ3n) is 3.83. The van der Waals surface area contributed by atoms with Gasteiger partial charge < -0.3 is 10.2 Å². The van der Waals surface area contributed by atoms with E-state index in [1.165, 1.54) is 0 Å². The first-order valence-electron chi connectivity index (χ1n) is 6.81. The lowest BCUT2D eigenvalue weighted by molar-refractivity contribution is -0.155. The van der Waals surface area contributed by atoms with Gasteiger partial charge in [-0.15, -0.1) is 0 Å². The highest BCUT2D eigenvalue weighted by Gasteiger charge is 2.48. The highest BCUT2D eigenvalue weighted by atomic mass is 16.2. The smallest absolute Gasteiger partial charge is 0.251 e. The van der Waals surface area contributed by atoms with Crippen molar-refractivity contribution in [1.82, 2.24) is 10.2 Å². The Morgan fingerprint density at radius 3 is 2.55 bits per heavy atom. The summed E-state index contributed by atoms with van der Waals surface area (Å²) in [7, 11) is 0. The van der Waals surface area contributed by atoms with Gasteiger partial charge in [0.2, 0.25) is 5.91 Å². The molecule has 1 N–H and O–H groups in total. The maximum Gasteiger partial charge on any atom is 0.251 e. The Morgan fingerprint density at radius 2 is 1.95 bits per heavy atom. The van der Waals surface area contributed by atoms with Crippen LogP contribution in [-0.2, 0) is 15.1 Å². The van der Waals surface area contributed by atoms with Crippen molar-refractivity contribution in [2.24, 2.45) is 0 Å². The molecule has 0 bridgehead atoms. The standard InChI is InChI=1S/C16H20N2O2/c1-4-5-11-18-14(19)12(2)17-15(20)16(18,3)13-9-7-6-8-10-13/h4-10,12H,11H2,1-3H3,(H,17,20)/b5-4+. The van der Waals surface area contributed by atoms with Gasteiger partial charge in [0, 0.05) is 6.54 Å². The lowest BCUT2D eigenvalue weighted by Gasteiger charge is -2.45. The van der Waals surface area contributed by atoms with Gasteiger partial charge >= 0.3 is 0 Å². The fourth-order valence-corrected chi connectivity index (χ4v) is 2.51. The maximum atomic E-state index is 12.5. The zero-order valence-electron chi connectivity index (χ0n) is 12.1. The Labute approximate surface area is 119 Å². The van der Waals surface area contributed by atoms with E-state index in [2.05, 4.69) is 5.32 Å². The predicted molar refractivity (Wildman–Crippen MR) is 77.9 cm³/mol. The number of nitrogens with one attached hydrogen (secondary N) is 1. The Balaban J connectivity index is 2.49. The largest absolute Gasteiger partial charge is 0.342 e. The lowest BCUT2D eigenvalue weighted by atomic mass is 9.86. The highest BCUT2D eigenvalue weighted by Crippen LogP contribution is 2.32. The van der Waals surface area contributed by atoms with Crippen molar-refractivity contribution in [2.45, 2.75) is 32.4 Å². The van der Waals surface area contributed by atoms with Crippen LogP contribution in [0.4, 0.5) is 0 Å². The minimum Gasteiger partial charge on any atom is -0.342 e. The van der Waals surface area contributed by atoms with Crippen LogP contribution in [0.1, 0.15) is 26.3 Å². The van der Waals surface area contributed by atoms with Gasteiger partial charge in [0.05, 0.1) is 0 Å². The summed E-state index contributed by atoms with van der Waals surface area (Å²) in [5, 5.41) is 2.77. The lowest BCUT2D eigenvalue weighted by Crippen LogP contribution is -2.67. The van der Waals surface area contributed by atoms with Crippen LogP contribution in [0.3, 0.4) is 0 Å². The van der Waals surface area contributed by atoms with Gasteiger partial charge in [-0.2, -0.15) is 0 Å². The molecule has 1 aliphatic heterocycles.